The maximum atomic E-state index is 13.9. The molecule has 0 amide bonds. The summed E-state index contributed by atoms with van der Waals surface area (Å²) in [7, 11) is -2.53. The first-order chi connectivity index (χ1) is 10.9. The van der Waals surface area contributed by atoms with E-state index in [0.29, 0.717) is 30.9 Å². The van der Waals surface area contributed by atoms with Crippen LogP contribution in [-0.4, -0.2) is 21.8 Å². The highest BCUT2D eigenvalue weighted by Gasteiger charge is 2.33. The smallest absolute Gasteiger partial charge is 0.369 e. The molecule has 2 nitrogen and oxygen atoms in total. The monoisotopic (exact) mass is 340 g/mol. The molecule has 23 heavy (non-hydrogen) atoms. The lowest BCUT2D eigenvalue weighted by Gasteiger charge is -2.26. The van der Waals surface area contributed by atoms with Crippen molar-refractivity contribution < 1.29 is 22.0 Å². The molecule has 0 saturated heterocycles. The molecule has 0 bridgehead atoms. The standard InChI is InChI=1S/C17H19F3O2Si/c1-4-21-23(3,22-5-2)14-8-6-12(7-9-14)17-15(19)10-13(18)11-16(17)20/h6-11H,4-5H2,1-3H3. The van der Waals surface area contributed by atoms with Crippen LogP contribution in [0.3, 0.4) is 0 Å². The number of hydrogen-bond donors (Lipinski definition) is 0. The van der Waals surface area contributed by atoms with Crippen LogP contribution in [0, 0.1) is 17.5 Å². The van der Waals surface area contributed by atoms with Gasteiger partial charge >= 0.3 is 8.56 Å². The zero-order chi connectivity index (χ0) is 17.0. The summed E-state index contributed by atoms with van der Waals surface area (Å²) in [6.45, 7) is 6.75. The van der Waals surface area contributed by atoms with Crippen LogP contribution in [0.2, 0.25) is 6.55 Å². The van der Waals surface area contributed by atoms with Crippen LogP contribution >= 0.6 is 0 Å². The molecule has 0 aliphatic rings. The average molecular weight is 340 g/mol. The van der Waals surface area contributed by atoms with Gasteiger partial charge in [0.15, 0.2) is 0 Å². The van der Waals surface area contributed by atoms with Gasteiger partial charge < -0.3 is 8.85 Å². The van der Waals surface area contributed by atoms with E-state index in [1.54, 1.807) is 24.3 Å². The van der Waals surface area contributed by atoms with E-state index in [0.717, 1.165) is 5.19 Å². The second kappa shape index (κ2) is 7.29. The molecule has 2 rings (SSSR count). The molecule has 0 aliphatic heterocycles. The molecular formula is C17H19F3O2Si. The molecule has 0 unspecified atom stereocenters. The van der Waals surface area contributed by atoms with E-state index in [-0.39, 0.29) is 5.56 Å². The molecule has 124 valence electrons. The Bertz CT molecular complexity index is 645. The molecule has 0 N–H and O–H groups in total. The van der Waals surface area contributed by atoms with Gasteiger partial charge in [0.1, 0.15) is 17.5 Å². The first-order valence-electron chi connectivity index (χ1n) is 7.44. The summed E-state index contributed by atoms with van der Waals surface area (Å²) in [6.07, 6.45) is 0. The van der Waals surface area contributed by atoms with Gasteiger partial charge in [0.05, 0.1) is 5.56 Å². The highest BCUT2D eigenvalue weighted by Crippen LogP contribution is 2.26. The molecular weight excluding hydrogens is 321 g/mol. The summed E-state index contributed by atoms with van der Waals surface area (Å²) in [4.78, 5) is 0. The van der Waals surface area contributed by atoms with Gasteiger partial charge in [-0.15, -0.1) is 0 Å². The van der Waals surface area contributed by atoms with Gasteiger partial charge in [0, 0.05) is 25.3 Å². The van der Waals surface area contributed by atoms with Crippen molar-refractivity contribution in [2.24, 2.45) is 0 Å². The maximum absolute atomic E-state index is 13.9. The Morgan fingerprint density at radius 3 is 1.78 bits per heavy atom. The minimum atomic E-state index is -2.53. The Hall–Kier alpha value is -1.63. The van der Waals surface area contributed by atoms with E-state index in [2.05, 4.69) is 0 Å². The molecule has 2 aromatic carbocycles. The number of halogens is 3. The number of rotatable bonds is 6. The summed E-state index contributed by atoms with van der Waals surface area (Å²) in [5, 5.41) is 0.868. The number of hydrogen-bond acceptors (Lipinski definition) is 2. The van der Waals surface area contributed by atoms with E-state index in [4.69, 9.17) is 8.85 Å². The molecule has 6 heteroatoms. The fourth-order valence-electron chi connectivity index (χ4n) is 2.52. The topological polar surface area (TPSA) is 18.5 Å². The Kier molecular flexibility index (Phi) is 5.62. The molecule has 0 saturated carbocycles. The van der Waals surface area contributed by atoms with E-state index >= 15 is 0 Å². The largest absolute Gasteiger partial charge is 0.391 e. The third kappa shape index (κ3) is 3.83. The lowest BCUT2D eigenvalue weighted by atomic mass is 10.0. The van der Waals surface area contributed by atoms with Gasteiger partial charge in [0.25, 0.3) is 0 Å². The minimum Gasteiger partial charge on any atom is -0.391 e. The van der Waals surface area contributed by atoms with Crippen LogP contribution in [0.4, 0.5) is 13.2 Å². The normalized spacial score (nSPS) is 11.7. The third-order valence-corrected chi connectivity index (χ3v) is 6.61. The van der Waals surface area contributed by atoms with E-state index < -0.39 is 26.0 Å². The molecule has 0 fully saturated rings. The van der Waals surface area contributed by atoms with Gasteiger partial charge in [-0.3, -0.25) is 0 Å². The fraction of sp³-hybridized carbons (Fsp3) is 0.294. The fourth-order valence-corrected chi connectivity index (χ4v) is 4.81. The molecule has 0 radical (unpaired) electrons. The van der Waals surface area contributed by atoms with E-state index in [9.17, 15) is 13.2 Å². The first kappa shape index (κ1) is 17.7. The predicted octanol–water partition coefficient (Wildman–Crippen LogP) is 4.12. The van der Waals surface area contributed by atoms with Crippen molar-refractivity contribution in [2.45, 2.75) is 20.4 Å². The number of benzene rings is 2. The predicted molar refractivity (Wildman–Crippen MR) is 86.3 cm³/mol. The van der Waals surface area contributed by atoms with Crippen LogP contribution in [0.25, 0.3) is 11.1 Å². The Morgan fingerprint density at radius 1 is 0.870 bits per heavy atom. The highest BCUT2D eigenvalue weighted by molar-refractivity contribution is 6.79. The third-order valence-electron chi connectivity index (χ3n) is 3.54. The SMILES string of the molecule is CCO[Si](C)(OCC)c1ccc(-c2c(F)cc(F)cc2F)cc1. The van der Waals surface area contributed by atoms with Crippen molar-refractivity contribution >= 4 is 13.7 Å². The van der Waals surface area contributed by atoms with Crippen LogP contribution in [0.15, 0.2) is 36.4 Å². The molecule has 0 aromatic heterocycles. The van der Waals surface area contributed by atoms with E-state index in [1.807, 2.05) is 20.4 Å². The Labute approximate surface area is 135 Å². The molecule has 0 spiro atoms. The van der Waals surface area contributed by atoms with Gasteiger partial charge in [-0.25, -0.2) is 13.2 Å². The van der Waals surface area contributed by atoms with Crippen molar-refractivity contribution in [1.29, 1.82) is 0 Å². The van der Waals surface area contributed by atoms with Gasteiger partial charge in [-0.2, -0.15) is 0 Å². The zero-order valence-electron chi connectivity index (χ0n) is 13.3. The van der Waals surface area contributed by atoms with Crippen molar-refractivity contribution in [3.63, 3.8) is 0 Å². The molecule has 0 heterocycles. The molecule has 2 aromatic rings. The lowest BCUT2D eigenvalue weighted by Crippen LogP contribution is -2.51. The molecule has 0 atom stereocenters. The summed E-state index contributed by atoms with van der Waals surface area (Å²) >= 11 is 0. The summed E-state index contributed by atoms with van der Waals surface area (Å²) in [5.74, 6) is -2.79. The van der Waals surface area contributed by atoms with Crippen molar-refractivity contribution in [3.05, 3.63) is 53.8 Å². The Morgan fingerprint density at radius 2 is 1.35 bits per heavy atom. The zero-order valence-corrected chi connectivity index (χ0v) is 14.3. The van der Waals surface area contributed by atoms with Gasteiger partial charge in [0.2, 0.25) is 0 Å². The van der Waals surface area contributed by atoms with Crippen LogP contribution in [0.5, 0.6) is 0 Å². The summed E-state index contributed by atoms with van der Waals surface area (Å²) < 4.78 is 52.3. The van der Waals surface area contributed by atoms with E-state index in [1.165, 1.54) is 0 Å². The molecule has 0 aliphatic carbocycles. The van der Waals surface area contributed by atoms with Crippen LogP contribution in [-0.2, 0) is 8.85 Å². The van der Waals surface area contributed by atoms with Gasteiger partial charge in [-0.05, 0) is 31.1 Å². The highest BCUT2D eigenvalue weighted by atomic mass is 28.4. The van der Waals surface area contributed by atoms with Gasteiger partial charge in [-0.1, -0.05) is 24.3 Å². The second-order valence-corrected chi connectivity index (χ2v) is 8.18. The van der Waals surface area contributed by atoms with Crippen LogP contribution in [0.1, 0.15) is 13.8 Å². The van der Waals surface area contributed by atoms with Crippen molar-refractivity contribution in [2.75, 3.05) is 13.2 Å². The second-order valence-electron chi connectivity index (χ2n) is 5.13. The van der Waals surface area contributed by atoms with Crippen molar-refractivity contribution in [3.8, 4) is 11.1 Å². The van der Waals surface area contributed by atoms with Crippen LogP contribution < -0.4 is 5.19 Å². The summed E-state index contributed by atoms with van der Waals surface area (Å²) in [5.41, 5.74) is 0.0993. The lowest BCUT2D eigenvalue weighted by molar-refractivity contribution is 0.202. The minimum absolute atomic E-state index is 0.242. The summed E-state index contributed by atoms with van der Waals surface area (Å²) in [6, 6.07) is 8.03. The maximum Gasteiger partial charge on any atom is 0.369 e. The first-order valence-corrected chi connectivity index (χ1v) is 9.76. The quantitative estimate of drug-likeness (QED) is 0.737. The van der Waals surface area contributed by atoms with Crippen molar-refractivity contribution in [1.82, 2.24) is 0 Å². The average Bonchev–Trinajstić information content (AvgIpc) is 2.47. The Balaban J connectivity index is 2.40.